The summed E-state index contributed by atoms with van der Waals surface area (Å²) in [7, 11) is 0. The van der Waals surface area contributed by atoms with Gasteiger partial charge in [0.15, 0.2) is 0 Å². The maximum absolute atomic E-state index is 11.7. The molecule has 0 spiro atoms. The van der Waals surface area contributed by atoms with E-state index in [1.807, 2.05) is 60.7 Å². The highest BCUT2D eigenvalue weighted by Crippen LogP contribution is 2.16. The number of benzene rings is 3. The first-order valence-electron chi connectivity index (χ1n) is 10.3. The summed E-state index contributed by atoms with van der Waals surface area (Å²) in [5.74, 6) is -0.679. The molecule has 0 saturated carbocycles. The van der Waals surface area contributed by atoms with E-state index in [2.05, 4.69) is 0 Å². The molecule has 3 aromatic carbocycles. The highest BCUT2D eigenvalue weighted by Gasteiger charge is 2.11. The van der Waals surface area contributed by atoms with Crippen molar-refractivity contribution in [1.29, 1.82) is 0 Å². The van der Waals surface area contributed by atoms with Crippen LogP contribution in [0.2, 0.25) is 0 Å². The van der Waals surface area contributed by atoms with Crippen molar-refractivity contribution in [2.75, 3.05) is 13.2 Å². The minimum absolute atomic E-state index is 0.0535. The summed E-state index contributed by atoms with van der Waals surface area (Å²) in [6.07, 6.45) is 1.92. The summed E-state index contributed by atoms with van der Waals surface area (Å²) in [5.41, 5.74) is 2.51. The predicted octanol–water partition coefficient (Wildman–Crippen LogP) is 4.97. The first kappa shape index (κ1) is 23.7. The number of ether oxygens (including phenoxy) is 2. The molecule has 0 heterocycles. The number of carbonyl (C=O) groups excluding carboxylic acids is 2. The summed E-state index contributed by atoms with van der Waals surface area (Å²) < 4.78 is 10.1. The van der Waals surface area contributed by atoms with Crippen LogP contribution < -0.4 is 0 Å². The Morgan fingerprint density at radius 3 is 1.71 bits per heavy atom. The van der Waals surface area contributed by atoms with E-state index in [-0.39, 0.29) is 17.3 Å². The SMILES string of the molecule is CCC(=O)OCCc1ccccc1.O=C(OCCc1ccccc1)c1ccccc1O. The van der Waals surface area contributed by atoms with Crippen molar-refractivity contribution in [3.63, 3.8) is 0 Å². The van der Waals surface area contributed by atoms with Crippen LogP contribution in [0.4, 0.5) is 0 Å². The molecule has 0 atom stereocenters. The molecular formula is C26H28O5. The van der Waals surface area contributed by atoms with Gasteiger partial charge in [-0.05, 0) is 23.3 Å². The average Bonchev–Trinajstić information content (AvgIpc) is 2.81. The Morgan fingerprint density at radius 1 is 0.710 bits per heavy atom. The van der Waals surface area contributed by atoms with E-state index in [0.29, 0.717) is 26.1 Å². The Bertz CT molecular complexity index is 923. The fraction of sp³-hybridized carbons (Fsp3) is 0.231. The van der Waals surface area contributed by atoms with Crippen LogP contribution in [0, 0.1) is 0 Å². The Balaban J connectivity index is 0.000000233. The van der Waals surface area contributed by atoms with Crippen molar-refractivity contribution in [2.45, 2.75) is 26.2 Å². The van der Waals surface area contributed by atoms with Crippen LogP contribution in [-0.2, 0) is 27.1 Å². The molecule has 31 heavy (non-hydrogen) atoms. The van der Waals surface area contributed by atoms with E-state index < -0.39 is 5.97 Å². The number of para-hydroxylation sites is 1. The maximum atomic E-state index is 11.7. The van der Waals surface area contributed by atoms with E-state index in [9.17, 15) is 14.7 Å². The third-order valence-electron chi connectivity index (χ3n) is 4.38. The zero-order valence-electron chi connectivity index (χ0n) is 17.7. The standard InChI is InChI=1S/C15H14O3.C11H14O2/c16-14-9-5-4-8-13(14)15(17)18-11-10-12-6-2-1-3-7-12;1-2-11(12)13-9-8-10-6-4-3-5-7-10/h1-9,16H,10-11H2;3-7H,2,8-9H2,1H3. The zero-order valence-corrected chi connectivity index (χ0v) is 17.7. The summed E-state index contributed by atoms with van der Waals surface area (Å²) in [6, 6.07) is 26.1. The topological polar surface area (TPSA) is 72.8 Å². The van der Waals surface area contributed by atoms with Gasteiger partial charge in [0.05, 0.1) is 13.2 Å². The van der Waals surface area contributed by atoms with Crippen LogP contribution in [0.5, 0.6) is 5.75 Å². The number of aromatic hydroxyl groups is 1. The lowest BCUT2D eigenvalue weighted by Crippen LogP contribution is -2.08. The Hall–Kier alpha value is -3.60. The molecule has 0 fully saturated rings. The highest BCUT2D eigenvalue weighted by molar-refractivity contribution is 5.92. The Morgan fingerprint density at radius 2 is 1.19 bits per heavy atom. The second kappa shape index (κ2) is 13.6. The number of esters is 2. The molecule has 162 valence electrons. The van der Waals surface area contributed by atoms with Crippen LogP contribution in [0.25, 0.3) is 0 Å². The number of hydrogen-bond acceptors (Lipinski definition) is 5. The summed E-state index contributed by atoms with van der Waals surface area (Å²) >= 11 is 0. The first-order valence-corrected chi connectivity index (χ1v) is 10.3. The monoisotopic (exact) mass is 420 g/mol. The smallest absolute Gasteiger partial charge is 0.341 e. The predicted molar refractivity (Wildman–Crippen MR) is 120 cm³/mol. The maximum Gasteiger partial charge on any atom is 0.341 e. The minimum atomic E-state index is -0.496. The van der Waals surface area contributed by atoms with Gasteiger partial charge >= 0.3 is 11.9 Å². The van der Waals surface area contributed by atoms with Gasteiger partial charge in [0, 0.05) is 19.3 Å². The van der Waals surface area contributed by atoms with E-state index in [4.69, 9.17) is 9.47 Å². The number of phenolic OH excluding ortho intramolecular Hbond substituents is 1. The molecule has 0 aliphatic carbocycles. The van der Waals surface area contributed by atoms with Crippen LogP contribution in [0.1, 0.15) is 34.8 Å². The molecule has 0 bridgehead atoms. The molecule has 1 N–H and O–H groups in total. The lowest BCUT2D eigenvalue weighted by atomic mass is 10.2. The van der Waals surface area contributed by atoms with E-state index in [0.717, 1.165) is 12.0 Å². The molecule has 3 rings (SSSR count). The van der Waals surface area contributed by atoms with E-state index >= 15 is 0 Å². The zero-order chi connectivity index (χ0) is 22.3. The Labute approximate surface area is 183 Å². The number of rotatable bonds is 8. The molecule has 0 radical (unpaired) electrons. The highest BCUT2D eigenvalue weighted by atomic mass is 16.5. The Kier molecular flexibility index (Phi) is 10.4. The van der Waals surface area contributed by atoms with E-state index in [1.165, 1.54) is 11.6 Å². The van der Waals surface area contributed by atoms with Gasteiger partial charge in [-0.1, -0.05) is 79.7 Å². The lowest BCUT2D eigenvalue weighted by Gasteiger charge is -2.06. The molecule has 5 heteroatoms. The molecule has 0 unspecified atom stereocenters. The van der Waals surface area contributed by atoms with Crippen LogP contribution >= 0.6 is 0 Å². The van der Waals surface area contributed by atoms with Gasteiger partial charge in [-0.2, -0.15) is 0 Å². The number of phenols is 1. The lowest BCUT2D eigenvalue weighted by molar-refractivity contribution is -0.143. The van der Waals surface area contributed by atoms with Gasteiger partial charge in [-0.25, -0.2) is 4.79 Å². The van der Waals surface area contributed by atoms with Crippen molar-refractivity contribution in [2.24, 2.45) is 0 Å². The molecule has 0 aliphatic heterocycles. The average molecular weight is 421 g/mol. The molecule has 0 amide bonds. The van der Waals surface area contributed by atoms with Gasteiger partial charge in [0.25, 0.3) is 0 Å². The summed E-state index contributed by atoms with van der Waals surface area (Å²) in [5, 5.41) is 9.50. The molecule has 5 nitrogen and oxygen atoms in total. The quantitative estimate of drug-likeness (QED) is 0.521. The van der Waals surface area contributed by atoms with Crippen molar-refractivity contribution in [3.05, 3.63) is 102 Å². The number of hydrogen-bond donors (Lipinski definition) is 1. The van der Waals surface area contributed by atoms with E-state index in [1.54, 1.807) is 25.1 Å². The van der Waals surface area contributed by atoms with Gasteiger partial charge in [0.1, 0.15) is 11.3 Å². The van der Waals surface area contributed by atoms with Gasteiger partial charge in [-0.15, -0.1) is 0 Å². The largest absolute Gasteiger partial charge is 0.507 e. The van der Waals surface area contributed by atoms with Gasteiger partial charge in [-0.3, -0.25) is 4.79 Å². The van der Waals surface area contributed by atoms with Crippen LogP contribution in [-0.4, -0.2) is 30.3 Å². The van der Waals surface area contributed by atoms with Crippen molar-refractivity contribution in [3.8, 4) is 5.75 Å². The van der Waals surface area contributed by atoms with Gasteiger partial charge in [0.2, 0.25) is 0 Å². The molecule has 0 aromatic heterocycles. The number of carbonyl (C=O) groups is 2. The first-order chi connectivity index (χ1) is 15.1. The normalized spacial score (nSPS) is 9.84. The van der Waals surface area contributed by atoms with Crippen molar-refractivity contribution < 1.29 is 24.2 Å². The minimum Gasteiger partial charge on any atom is -0.507 e. The molecular weight excluding hydrogens is 392 g/mol. The fourth-order valence-electron chi connectivity index (χ4n) is 2.66. The van der Waals surface area contributed by atoms with Crippen molar-refractivity contribution >= 4 is 11.9 Å². The third-order valence-corrected chi connectivity index (χ3v) is 4.38. The molecule has 3 aromatic rings. The second-order valence-corrected chi connectivity index (χ2v) is 6.70. The van der Waals surface area contributed by atoms with Crippen LogP contribution in [0.3, 0.4) is 0 Å². The second-order valence-electron chi connectivity index (χ2n) is 6.70. The van der Waals surface area contributed by atoms with Gasteiger partial charge < -0.3 is 14.6 Å². The van der Waals surface area contributed by atoms with Crippen molar-refractivity contribution in [1.82, 2.24) is 0 Å². The molecule has 0 saturated heterocycles. The fourth-order valence-corrected chi connectivity index (χ4v) is 2.66. The van der Waals surface area contributed by atoms with Crippen LogP contribution in [0.15, 0.2) is 84.9 Å². The molecule has 0 aliphatic rings. The summed E-state index contributed by atoms with van der Waals surface area (Å²) in [4.78, 5) is 22.5. The third kappa shape index (κ3) is 9.17. The summed E-state index contributed by atoms with van der Waals surface area (Å²) in [6.45, 7) is 2.58.